The zero-order chi connectivity index (χ0) is 21.9. The fraction of sp³-hybridized carbons (Fsp3) is 0.591. The lowest BCUT2D eigenvalue weighted by Gasteiger charge is -2.39. The summed E-state index contributed by atoms with van der Waals surface area (Å²) in [6, 6.07) is 4.49. The highest BCUT2D eigenvalue weighted by atomic mass is 19.4. The number of nitrogens with one attached hydrogen (secondary N) is 1. The number of nitrogens with zero attached hydrogens (tertiary/aromatic N) is 2. The first-order valence-electron chi connectivity index (χ1n) is 10.5. The fourth-order valence-electron chi connectivity index (χ4n) is 4.33. The Hall–Kier alpha value is -2.38. The summed E-state index contributed by atoms with van der Waals surface area (Å²) in [5.74, 6) is -0.631. The van der Waals surface area contributed by atoms with Crippen molar-refractivity contribution in [3.63, 3.8) is 0 Å². The minimum absolute atomic E-state index is 0.0119. The SMILES string of the molecule is CCCC(C)NC(=O)CN1C(=O)C(c2ccc(C(F)(F)F)cc2)=NC12CCCCC2. The third kappa shape index (κ3) is 4.68. The molecule has 1 saturated carbocycles. The first kappa shape index (κ1) is 22.3. The van der Waals surface area contributed by atoms with Crippen LogP contribution in [0.2, 0.25) is 0 Å². The summed E-state index contributed by atoms with van der Waals surface area (Å²) >= 11 is 0. The van der Waals surface area contributed by atoms with Crippen molar-refractivity contribution in [3.8, 4) is 0 Å². The Morgan fingerprint density at radius 2 is 1.83 bits per heavy atom. The van der Waals surface area contributed by atoms with E-state index in [9.17, 15) is 22.8 Å². The molecule has 2 aliphatic rings. The van der Waals surface area contributed by atoms with Crippen LogP contribution in [0.25, 0.3) is 0 Å². The van der Waals surface area contributed by atoms with Gasteiger partial charge in [0.05, 0.1) is 5.56 Å². The zero-order valence-corrected chi connectivity index (χ0v) is 17.4. The van der Waals surface area contributed by atoms with Crippen molar-refractivity contribution in [2.75, 3.05) is 6.54 Å². The van der Waals surface area contributed by atoms with Crippen molar-refractivity contribution in [2.24, 2.45) is 4.99 Å². The predicted octanol–water partition coefficient (Wildman–Crippen LogP) is 4.30. The molecule has 1 heterocycles. The first-order valence-corrected chi connectivity index (χ1v) is 10.5. The minimum Gasteiger partial charge on any atom is -0.352 e. The highest BCUT2D eigenvalue weighted by Crippen LogP contribution is 2.39. The van der Waals surface area contributed by atoms with Gasteiger partial charge in [-0.25, -0.2) is 0 Å². The summed E-state index contributed by atoms with van der Waals surface area (Å²) in [6.45, 7) is 3.86. The maximum atomic E-state index is 13.2. The van der Waals surface area contributed by atoms with Gasteiger partial charge in [-0.15, -0.1) is 0 Å². The van der Waals surface area contributed by atoms with Gasteiger partial charge in [-0.3, -0.25) is 14.6 Å². The molecule has 1 atom stereocenters. The molecule has 1 unspecified atom stereocenters. The molecule has 0 bridgehead atoms. The maximum Gasteiger partial charge on any atom is 0.416 e. The molecule has 1 aromatic carbocycles. The van der Waals surface area contributed by atoms with Gasteiger partial charge in [-0.1, -0.05) is 31.9 Å². The average Bonchev–Trinajstić information content (AvgIpc) is 2.94. The zero-order valence-electron chi connectivity index (χ0n) is 17.4. The van der Waals surface area contributed by atoms with Crippen LogP contribution in [-0.4, -0.2) is 40.7 Å². The van der Waals surface area contributed by atoms with Crippen molar-refractivity contribution in [3.05, 3.63) is 35.4 Å². The number of hydrogen-bond acceptors (Lipinski definition) is 3. The van der Waals surface area contributed by atoms with Crippen LogP contribution in [0.15, 0.2) is 29.3 Å². The van der Waals surface area contributed by atoms with Crippen molar-refractivity contribution in [1.29, 1.82) is 0 Å². The Labute approximate surface area is 174 Å². The molecule has 2 amide bonds. The van der Waals surface area contributed by atoms with Crippen molar-refractivity contribution < 1.29 is 22.8 Å². The minimum atomic E-state index is -4.44. The monoisotopic (exact) mass is 423 g/mol. The maximum absolute atomic E-state index is 13.2. The highest BCUT2D eigenvalue weighted by Gasteiger charge is 2.48. The van der Waals surface area contributed by atoms with E-state index in [-0.39, 0.29) is 24.2 Å². The van der Waals surface area contributed by atoms with Crippen LogP contribution in [0.4, 0.5) is 13.2 Å². The van der Waals surface area contributed by atoms with E-state index in [0.29, 0.717) is 18.4 Å². The van der Waals surface area contributed by atoms with E-state index < -0.39 is 23.3 Å². The molecule has 164 valence electrons. The molecule has 3 rings (SSSR count). The van der Waals surface area contributed by atoms with Gasteiger partial charge in [0.1, 0.15) is 17.9 Å². The van der Waals surface area contributed by atoms with Crippen LogP contribution in [0, 0.1) is 0 Å². The van der Waals surface area contributed by atoms with Gasteiger partial charge in [-0.2, -0.15) is 13.2 Å². The van der Waals surface area contributed by atoms with Gasteiger partial charge in [0.2, 0.25) is 5.91 Å². The summed E-state index contributed by atoms with van der Waals surface area (Å²) in [7, 11) is 0. The van der Waals surface area contributed by atoms with E-state index in [4.69, 9.17) is 4.99 Å². The van der Waals surface area contributed by atoms with Crippen molar-refractivity contribution in [2.45, 2.75) is 76.7 Å². The first-order chi connectivity index (χ1) is 14.2. The molecule has 1 aromatic rings. The number of halogens is 3. The molecule has 1 spiro atoms. The molecule has 30 heavy (non-hydrogen) atoms. The average molecular weight is 423 g/mol. The van der Waals surface area contributed by atoms with Gasteiger partial charge in [0, 0.05) is 11.6 Å². The standard InChI is InChI=1S/C22H28F3N3O2/c1-3-7-15(2)26-18(29)14-28-20(30)19(27-21(28)12-5-4-6-13-21)16-8-10-17(11-9-16)22(23,24)25/h8-11,15H,3-7,12-14H2,1-2H3,(H,26,29). The van der Waals surface area contributed by atoms with Crippen LogP contribution in [-0.2, 0) is 15.8 Å². The Balaban J connectivity index is 1.85. The van der Waals surface area contributed by atoms with Crippen LogP contribution in [0.5, 0.6) is 0 Å². The van der Waals surface area contributed by atoms with Crippen molar-refractivity contribution in [1.82, 2.24) is 10.2 Å². The van der Waals surface area contributed by atoms with E-state index in [1.807, 2.05) is 13.8 Å². The van der Waals surface area contributed by atoms with Crippen LogP contribution in [0.3, 0.4) is 0 Å². The Kier molecular flexibility index (Phi) is 6.53. The number of carbonyl (C=O) groups excluding carboxylic acids is 2. The lowest BCUT2D eigenvalue weighted by atomic mass is 9.88. The van der Waals surface area contributed by atoms with Crippen molar-refractivity contribution >= 4 is 17.5 Å². The molecule has 8 heteroatoms. The van der Waals surface area contributed by atoms with E-state index in [1.165, 1.54) is 17.0 Å². The molecule has 5 nitrogen and oxygen atoms in total. The number of aliphatic imine (C=N–C) groups is 1. The Morgan fingerprint density at radius 1 is 1.20 bits per heavy atom. The van der Waals surface area contributed by atoms with Gasteiger partial charge in [-0.05, 0) is 51.2 Å². The molecule has 1 aliphatic heterocycles. The van der Waals surface area contributed by atoms with Gasteiger partial charge in [0.25, 0.3) is 5.91 Å². The second-order valence-corrected chi connectivity index (χ2v) is 8.23. The number of benzene rings is 1. The largest absolute Gasteiger partial charge is 0.416 e. The van der Waals surface area contributed by atoms with E-state index in [0.717, 1.165) is 44.2 Å². The lowest BCUT2D eigenvalue weighted by molar-refractivity contribution is -0.137. The molecule has 0 saturated heterocycles. The molecule has 1 N–H and O–H groups in total. The van der Waals surface area contributed by atoms with Gasteiger partial charge < -0.3 is 10.2 Å². The number of rotatable bonds is 6. The van der Waals surface area contributed by atoms with Crippen LogP contribution in [0.1, 0.15) is 69.9 Å². The predicted molar refractivity (Wildman–Crippen MR) is 108 cm³/mol. The smallest absolute Gasteiger partial charge is 0.352 e. The number of alkyl halides is 3. The van der Waals surface area contributed by atoms with E-state index >= 15 is 0 Å². The molecular formula is C22H28F3N3O2. The summed E-state index contributed by atoms with van der Waals surface area (Å²) in [5, 5.41) is 2.92. The highest BCUT2D eigenvalue weighted by molar-refractivity contribution is 6.47. The number of amides is 2. The summed E-state index contributed by atoms with van der Waals surface area (Å²) in [6.07, 6.45) is 1.47. The number of carbonyl (C=O) groups is 2. The van der Waals surface area contributed by atoms with Gasteiger partial charge >= 0.3 is 6.18 Å². The third-order valence-corrected chi connectivity index (χ3v) is 5.84. The Morgan fingerprint density at radius 3 is 2.40 bits per heavy atom. The number of hydrogen-bond donors (Lipinski definition) is 1. The normalized spacial score (nSPS) is 19.7. The quantitative estimate of drug-likeness (QED) is 0.742. The summed E-state index contributed by atoms with van der Waals surface area (Å²) < 4.78 is 38.6. The summed E-state index contributed by atoms with van der Waals surface area (Å²) in [4.78, 5) is 32.0. The second kappa shape index (κ2) is 8.78. The van der Waals surface area contributed by atoms with E-state index in [1.54, 1.807) is 0 Å². The Bertz CT molecular complexity index is 812. The molecule has 1 aliphatic carbocycles. The second-order valence-electron chi connectivity index (χ2n) is 8.23. The molecular weight excluding hydrogens is 395 g/mol. The molecule has 0 aromatic heterocycles. The fourth-order valence-corrected chi connectivity index (χ4v) is 4.33. The van der Waals surface area contributed by atoms with E-state index in [2.05, 4.69) is 5.32 Å². The molecule has 0 radical (unpaired) electrons. The molecule has 1 fully saturated rings. The lowest BCUT2D eigenvalue weighted by Crippen LogP contribution is -2.52. The third-order valence-electron chi connectivity index (χ3n) is 5.84. The summed E-state index contributed by atoms with van der Waals surface area (Å²) in [5.41, 5.74) is -1.07. The topological polar surface area (TPSA) is 61.8 Å². The van der Waals surface area contributed by atoms with Gasteiger partial charge in [0.15, 0.2) is 0 Å². The van der Waals surface area contributed by atoms with Crippen LogP contribution < -0.4 is 5.32 Å². The van der Waals surface area contributed by atoms with Crippen LogP contribution >= 0.6 is 0 Å².